The summed E-state index contributed by atoms with van der Waals surface area (Å²) in [6.07, 6.45) is 5.17. The van der Waals surface area contributed by atoms with Crippen LogP contribution in [0.3, 0.4) is 0 Å². The Morgan fingerprint density at radius 3 is 2.05 bits per heavy atom. The molecule has 0 aliphatic rings. The lowest BCUT2D eigenvalue weighted by atomic mass is 10.1. The van der Waals surface area contributed by atoms with Crippen molar-refractivity contribution < 1.29 is 4.79 Å². The molecule has 0 atom stereocenters. The van der Waals surface area contributed by atoms with E-state index in [2.05, 4.69) is 36.4 Å². The lowest BCUT2D eigenvalue weighted by molar-refractivity contribution is 0.102. The molecule has 38 heavy (non-hydrogen) atoms. The Bertz CT molecular complexity index is 1590. The molecule has 0 bridgehead atoms. The van der Waals surface area contributed by atoms with E-state index < -0.39 is 0 Å². The highest BCUT2D eigenvalue weighted by Gasteiger charge is 2.09. The Kier molecular flexibility index (Phi) is 7.05. The Balaban J connectivity index is 1.26. The van der Waals surface area contributed by atoms with Crippen molar-refractivity contribution in [2.24, 2.45) is 16.8 Å². The molecule has 0 spiro atoms. The Morgan fingerprint density at radius 2 is 1.34 bits per heavy atom. The first-order chi connectivity index (χ1) is 18.6. The van der Waals surface area contributed by atoms with Crippen LogP contribution in [-0.2, 0) is 0 Å². The molecule has 3 aromatic carbocycles. The maximum Gasteiger partial charge on any atom is 0.255 e. The van der Waals surface area contributed by atoms with Crippen LogP contribution in [0.2, 0.25) is 0 Å². The summed E-state index contributed by atoms with van der Waals surface area (Å²) in [6, 6.07) is 26.0. The Labute approximate surface area is 218 Å². The predicted molar refractivity (Wildman–Crippen MR) is 151 cm³/mol. The summed E-state index contributed by atoms with van der Waals surface area (Å²) in [4.78, 5) is 21.2. The van der Waals surface area contributed by atoms with Gasteiger partial charge in [0.15, 0.2) is 5.84 Å². The highest BCUT2D eigenvalue weighted by atomic mass is 16.1. The first-order valence-electron chi connectivity index (χ1n) is 11.7. The lowest BCUT2D eigenvalue weighted by Crippen LogP contribution is -2.32. The zero-order valence-corrected chi connectivity index (χ0v) is 20.2. The number of amides is 1. The molecule has 8 N–H and O–H groups in total. The Hall–Kier alpha value is -5.48. The molecule has 0 aliphatic carbocycles. The largest absolute Gasteiger partial charge is 0.355 e. The van der Waals surface area contributed by atoms with Gasteiger partial charge in [0, 0.05) is 63.5 Å². The van der Waals surface area contributed by atoms with Gasteiger partial charge in [-0.3, -0.25) is 14.8 Å². The van der Waals surface area contributed by atoms with Gasteiger partial charge < -0.3 is 27.2 Å². The van der Waals surface area contributed by atoms with E-state index >= 15 is 0 Å². The molecule has 2 heterocycles. The van der Waals surface area contributed by atoms with Gasteiger partial charge in [-0.1, -0.05) is 0 Å². The summed E-state index contributed by atoms with van der Waals surface area (Å²) >= 11 is 0. The molecule has 10 nitrogen and oxygen atoms in total. The fourth-order valence-corrected chi connectivity index (χ4v) is 3.90. The number of carbonyl (C=O) groups is 1. The van der Waals surface area contributed by atoms with Crippen LogP contribution >= 0.6 is 0 Å². The summed E-state index contributed by atoms with van der Waals surface area (Å²) in [5.74, 6) is 11.1. The molecular weight excluding hydrogens is 478 g/mol. The van der Waals surface area contributed by atoms with Gasteiger partial charge in [-0.25, -0.2) is 5.84 Å². The van der Waals surface area contributed by atoms with Crippen LogP contribution < -0.4 is 33.1 Å². The van der Waals surface area contributed by atoms with E-state index in [-0.39, 0.29) is 5.91 Å². The minimum absolute atomic E-state index is 0.201. The highest BCUT2D eigenvalue weighted by Crippen LogP contribution is 2.27. The molecule has 0 fully saturated rings. The van der Waals surface area contributed by atoms with E-state index in [0.717, 1.165) is 39.2 Å². The fourth-order valence-electron chi connectivity index (χ4n) is 3.90. The number of benzene rings is 3. The highest BCUT2D eigenvalue weighted by molar-refractivity contribution is 6.05. The van der Waals surface area contributed by atoms with Crippen LogP contribution in [0.15, 0.2) is 109 Å². The van der Waals surface area contributed by atoms with E-state index in [1.807, 2.05) is 72.8 Å². The van der Waals surface area contributed by atoms with Crippen LogP contribution in [0.1, 0.15) is 15.9 Å². The van der Waals surface area contributed by atoms with Gasteiger partial charge in [-0.2, -0.15) is 5.10 Å². The Morgan fingerprint density at radius 1 is 0.711 bits per heavy atom. The molecule has 1 amide bonds. The van der Waals surface area contributed by atoms with Gasteiger partial charge in [-0.05, 0) is 84.9 Å². The molecule has 0 aliphatic heterocycles. The van der Waals surface area contributed by atoms with Crippen molar-refractivity contribution in [1.82, 2.24) is 15.4 Å². The van der Waals surface area contributed by atoms with Crippen molar-refractivity contribution in [3.63, 3.8) is 0 Å². The standard InChI is InChI=1S/C28H25N9O/c29-36-27(37-30)19-3-10-25-24(17-19)26(13-16-32-25)34-21-4-1-18(2-5-21)28(38)35-22-8-6-20(7-9-22)33-23-11-14-31-15-12-23/h1-17H,29-30H2,(H,31,33)(H,32,34)(H,35,38)(H,36,37). The van der Waals surface area contributed by atoms with E-state index in [4.69, 9.17) is 11.7 Å². The third-order valence-electron chi connectivity index (χ3n) is 5.82. The summed E-state index contributed by atoms with van der Waals surface area (Å²) in [7, 11) is 0. The van der Waals surface area contributed by atoms with Crippen molar-refractivity contribution in [1.29, 1.82) is 0 Å². The van der Waals surface area contributed by atoms with Crippen molar-refractivity contribution in [2.75, 3.05) is 16.0 Å². The van der Waals surface area contributed by atoms with Crippen molar-refractivity contribution >= 4 is 51.1 Å². The van der Waals surface area contributed by atoms with Crippen LogP contribution in [0.4, 0.5) is 28.4 Å². The van der Waals surface area contributed by atoms with E-state index in [1.54, 1.807) is 30.7 Å². The number of nitrogens with two attached hydrogens (primary N) is 2. The molecule has 5 rings (SSSR count). The van der Waals surface area contributed by atoms with Crippen LogP contribution in [0, 0.1) is 0 Å². The van der Waals surface area contributed by atoms with Crippen molar-refractivity contribution in [3.05, 3.63) is 115 Å². The average Bonchev–Trinajstić information content (AvgIpc) is 2.96. The molecule has 188 valence electrons. The summed E-state index contributed by atoms with van der Waals surface area (Å²) < 4.78 is 0. The molecule has 0 saturated carbocycles. The SMILES string of the molecule is N/N=C(\NN)c1ccc2nccc(Nc3ccc(C(=O)Nc4ccc(Nc5ccncc5)cc4)cc3)c2c1. The number of fused-ring (bicyclic) bond motifs is 1. The number of nitrogens with one attached hydrogen (secondary N) is 4. The third-order valence-corrected chi connectivity index (χ3v) is 5.82. The number of hydrazine groups is 1. The molecule has 5 aromatic rings. The smallest absolute Gasteiger partial charge is 0.255 e. The molecule has 0 saturated heterocycles. The first-order valence-corrected chi connectivity index (χ1v) is 11.7. The fraction of sp³-hybridized carbons (Fsp3) is 0. The quantitative estimate of drug-likeness (QED) is 0.0823. The number of hydrogen-bond acceptors (Lipinski definition) is 8. The third kappa shape index (κ3) is 5.50. The maximum atomic E-state index is 12.8. The lowest BCUT2D eigenvalue weighted by Gasteiger charge is -2.12. The number of amidine groups is 1. The average molecular weight is 504 g/mol. The second-order valence-corrected chi connectivity index (χ2v) is 8.31. The van der Waals surface area contributed by atoms with Gasteiger partial charge in [0.2, 0.25) is 0 Å². The number of hydrazone groups is 1. The second-order valence-electron chi connectivity index (χ2n) is 8.31. The monoisotopic (exact) mass is 503 g/mol. The van der Waals surface area contributed by atoms with Gasteiger partial charge in [-0.15, -0.1) is 0 Å². The van der Waals surface area contributed by atoms with Gasteiger partial charge in [0.05, 0.1) is 5.52 Å². The van der Waals surface area contributed by atoms with Crippen molar-refractivity contribution in [2.45, 2.75) is 0 Å². The normalized spacial score (nSPS) is 11.1. The second kappa shape index (κ2) is 11.1. The van der Waals surface area contributed by atoms with Crippen LogP contribution in [-0.4, -0.2) is 21.7 Å². The maximum absolute atomic E-state index is 12.8. The van der Waals surface area contributed by atoms with Gasteiger partial charge in [0.25, 0.3) is 5.91 Å². The molecular formula is C28H25N9O. The van der Waals surface area contributed by atoms with Gasteiger partial charge in [0.1, 0.15) is 0 Å². The molecule has 0 radical (unpaired) electrons. The molecule has 2 aromatic heterocycles. The first kappa shape index (κ1) is 24.2. The summed E-state index contributed by atoms with van der Waals surface area (Å²) in [5.41, 5.74) is 8.75. The van der Waals surface area contributed by atoms with E-state index in [9.17, 15) is 4.79 Å². The zero-order chi connectivity index (χ0) is 26.3. The predicted octanol–water partition coefficient (Wildman–Crippen LogP) is 4.45. The minimum Gasteiger partial charge on any atom is -0.355 e. The van der Waals surface area contributed by atoms with Crippen LogP contribution in [0.5, 0.6) is 0 Å². The van der Waals surface area contributed by atoms with E-state index in [1.165, 1.54) is 0 Å². The summed E-state index contributed by atoms with van der Waals surface area (Å²) in [5, 5.41) is 14.1. The zero-order valence-electron chi connectivity index (χ0n) is 20.2. The molecule has 0 unspecified atom stereocenters. The van der Waals surface area contributed by atoms with E-state index in [0.29, 0.717) is 17.1 Å². The minimum atomic E-state index is -0.201. The number of rotatable bonds is 7. The number of anilines is 5. The number of pyridine rings is 2. The topological polar surface area (TPSA) is 155 Å². The number of carbonyl (C=O) groups excluding carboxylic acids is 1. The number of nitrogens with zero attached hydrogens (tertiary/aromatic N) is 3. The van der Waals surface area contributed by atoms with Crippen LogP contribution in [0.25, 0.3) is 10.9 Å². The molecule has 10 heteroatoms. The van der Waals surface area contributed by atoms with Crippen molar-refractivity contribution in [3.8, 4) is 0 Å². The summed E-state index contributed by atoms with van der Waals surface area (Å²) in [6.45, 7) is 0. The van der Waals surface area contributed by atoms with Gasteiger partial charge >= 0.3 is 0 Å². The number of hydrogen-bond donors (Lipinski definition) is 6. The number of aromatic nitrogens is 2.